The summed E-state index contributed by atoms with van der Waals surface area (Å²) in [5, 5.41) is 0.550. The molecule has 0 aromatic heterocycles. The Balaban J connectivity index is 1.77. The summed E-state index contributed by atoms with van der Waals surface area (Å²) in [6.45, 7) is 2.01. The van der Waals surface area contributed by atoms with Crippen LogP contribution in [0.1, 0.15) is 54.5 Å². The second kappa shape index (κ2) is 7.90. The summed E-state index contributed by atoms with van der Waals surface area (Å²) in [7, 11) is -3.44. The van der Waals surface area contributed by atoms with Gasteiger partial charge in [-0.05, 0) is 66.5 Å². The standard InChI is InChI=1S/C20H24ClNO2S/c1-2-20(18-11-10-16-7-3-4-8-17(16)13-18)22-25(23,24)14-15-6-5-9-19(21)12-15/h5-6,9-13,20,22H,2-4,7-8,14H2,1H3. The number of aryl methyl sites for hydroxylation is 2. The highest BCUT2D eigenvalue weighted by atomic mass is 35.5. The van der Waals surface area contributed by atoms with E-state index in [2.05, 4.69) is 22.9 Å². The first-order valence-corrected chi connectivity index (χ1v) is 10.9. The van der Waals surface area contributed by atoms with Crippen LogP contribution in [0.5, 0.6) is 0 Å². The van der Waals surface area contributed by atoms with Gasteiger partial charge in [-0.25, -0.2) is 13.1 Å². The number of hydrogen-bond donors (Lipinski definition) is 1. The highest BCUT2D eigenvalue weighted by molar-refractivity contribution is 7.88. The molecule has 0 amide bonds. The van der Waals surface area contributed by atoms with Gasteiger partial charge in [0.15, 0.2) is 0 Å². The van der Waals surface area contributed by atoms with Crippen LogP contribution in [-0.2, 0) is 28.6 Å². The molecule has 1 aliphatic carbocycles. The fourth-order valence-electron chi connectivity index (χ4n) is 3.46. The molecule has 0 heterocycles. The van der Waals surface area contributed by atoms with E-state index in [0.717, 1.165) is 18.4 Å². The van der Waals surface area contributed by atoms with Crippen LogP contribution in [0.2, 0.25) is 5.02 Å². The second-order valence-corrected chi connectivity index (χ2v) is 8.89. The number of fused-ring (bicyclic) bond motifs is 1. The molecule has 0 saturated carbocycles. The van der Waals surface area contributed by atoms with Gasteiger partial charge in [-0.15, -0.1) is 0 Å². The van der Waals surface area contributed by atoms with Gasteiger partial charge in [-0.1, -0.05) is 48.9 Å². The Morgan fingerprint density at radius 2 is 1.84 bits per heavy atom. The van der Waals surface area contributed by atoms with Crippen molar-refractivity contribution in [2.75, 3.05) is 0 Å². The molecule has 0 bridgehead atoms. The van der Waals surface area contributed by atoms with Crippen LogP contribution in [-0.4, -0.2) is 8.42 Å². The van der Waals surface area contributed by atoms with Crippen LogP contribution in [0.3, 0.4) is 0 Å². The van der Waals surface area contributed by atoms with Gasteiger partial charge >= 0.3 is 0 Å². The van der Waals surface area contributed by atoms with Crippen molar-refractivity contribution in [1.82, 2.24) is 4.72 Å². The van der Waals surface area contributed by atoms with E-state index in [0.29, 0.717) is 17.0 Å². The molecule has 25 heavy (non-hydrogen) atoms. The molecule has 1 unspecified atom stereocenters. The fraction of sp³-hybridized carbons (Fsp3) is 0.400. The van der Waals surface area contributed by atoms with Gasteiger partial charge in [0.2, 0.25) is 10.0 Å². The molecule has 3 nitrogen and oxygen atoms in total. The summed E-state index contributed by atoms with van der Waals surface area (Å²) in [5.74, 6) is -0.0605. The third-order valence-corrected chi connectivity index (χ3v) is 6.34. The summed E-state index contributed by atoms with van der Waals surface area (Å²) < 4.78 is 28.0. The highest BCUT2D eigenvalue weighted by Crippen LogP contribution is 2.26. The number of sulfonamides is 1. The van der Waals surface area contributed by atoms with E-state index >= 15 is 0 Å². The molecular formula is C20H24ClNO2S. The minimum atomic E-state index is -3.44. The first kappa shape index (κ1) is 18.4. The zero-order valence-electron chi connectivity index (χ0n) is 14.5. The topological polar surface area (TPSA) is 46.2 Å². The number of hydrogen-bond acceptors (Lipinski definition) is 2. The lowest BCUT2D eigenvalue weighted by molar-refractivity contribution is 0.548. The lowest BCUT2D eigenvalue weighted by Gasteiger charge is -2.21. The maximum absolute atomic E-state index is 12.6. The summed E-state index contributed by atoms with van der Waals surface area (Å²) in [5.41, 5.74) is 4.53. The number of benzene rings is 2. The third-order valence-electron chi connectivity index (χ3n) is 4.75. The molecule has 0 aliphatic heterocycles. The van der Waals surface area contributed by atoms with E-state index in [1.54, 1.807) is 24.3 Å². The number of nitrogens with one attached hydrogen (secondary N) is 1. The molecule has 5 heteroatoms. The SMILES string of the molecule is CCC(NS(=O)(=O)Cc1cccc(Cl)c1)c1ccc2c(c1)CCCC2. The molecule has 3 rings (SSSR count). The molecule has 134 valence electrons. The minimum absolute atomic E-state index is 0.0605. The average molecular weight is 378 g/mol. The van der Waals surface area contributed by atoms with Gasteiger partial charge in [-0.3, -0.25) is 0 Å². The Hall–Kier alpha value is -1.36. The van der Waals surface area contributed by atoms with Crippen LogP contribution in [0.25, 0.3) is 0 Å². The largest absolute Gasteiger partial charge is 0.216 e. The maximum Gasteiger partial charge on any atom is 0.216 e. The van der Waals surface area contributed by atoms with E-state index < -0.39 is 10.0 Å². The molecule has 0 radical (unpaired) electrons. The molecule has 1 atom stereocenters. The van der Waals surface area contributed by atoms with Crippen LogP contribution in [0.4, 0.5) is 0 Å². The number of rotatable bonds is 6. The van der Waals surface area contributed by atoms with E-state index in [4.69, 9.17) is 11.6 Å². The van der Waals surface area contributed by atoms with Gasteiger partial charge in [0.05, 0.1) is 5.75 Å². The van der Waals surface area contributed by atoms with Crippen molar-refractivity contribution in [2.24, 2.45) is 0 Å². The van der Waals surface area contributed by atoms with Crippen molar-refractivity contribution >= 4 is 21.6 Å². The quantitative estimate of drug-likeness (QED) is 0.786. The van der Waals surface area contributed by atoms with Gasteiger partial charge in [0.25, 0.3) is 0 Å². The predicted octanol–water partition coefficient (Wildman–Crippen LogP) is 4.79. The molecule has 2 aromatic rings. The van der Waals surface area contributed by atoms with E-state index in [9.17, 15) is 8.42 Å². The Kier molecular flexibility index (Phi) is 5.82. The van der Waals surface area contributed by atoms with Crippen LogP contribution in [0, 0.1) is 0 Å². The highest BCUT2D eigenvalue weighted by Gasteiger charge is 2.20. The monoisotopic (exact) mass is 377 g/mol. The minimum Gasteiger partial charge on any atom is -0.212 e. The van der Waals surface area contributed by atoms with Crippen LogP contribution >= 0.6 is 11.6 Å². The van der Waals surface area contributed by atoms with Crippen LogP contribution < -0.4 is 4.72 Å². The van der Waals surface area contributed by atoms with E-state index in [1.807, 2.05) is 6.92 Å². The zero-order valence-corrected chi connectivity index (χ0v) is 16.0. The third kappa shape index (κ3) is 4.84. The second-order valence-electron chi connectivity index (χ2n) is 6.70. The van der Waals surface area contributed by atoms with Gasteiger partial charge in [0.1, 0.15) is 0 Å². The number of halogens is 1. The van der Waals surface area contributed by atoms with E-state index in [-0.39, 0.29) is 11.8 Å². The van der Waals surface area contributed by atoms with Gasteiger partial charge in [-0.2, -0.15) is 0 Å². The molecule has 1 aliphatic rings. The fourth-order valence-corrected chi connectivity index (χ4v) is 5.11. The predicted molar refractivity (Wildman–Crippen MR) is 103 cm³/mol. The summed E-state index contributed by atoms with van der Waals surface area (Å²) in [6.07, 6.45) is 5.40. The van der Waals surface area contributed by atoms with Crippen molar-refractivity contribution < 1.29 is 8.42 Å². The van der Waals surface area contributed by atoms with Crippen molar-refractivity contribution in [3.05, 3.63) is 69.7 Å². The van der Waals surface area contributed by atoms with Gasteiger partial charge in [0, 0.05) is 11.1 Å². The molecular weight excluding hydrogens is 354 g/mol. The first-order valence-electron chi connectivity index (χ1n) is 8.83. The Morgan fingerprint density at radius 1 is 1.08 bits per heavy atom. The molecule has 0 spiro atoms. The molecule has 2 aromatic carbocycles. The smallest absolute Gasteiger partial charge is 0.212 e. The lowest BCUT2D eigenvalue weighted by Crippen LogP contribution is -2.29. The normalized spacial score (nSPS) is 15.6. The Bertz CT molecular complexity index is 849. The van der Waals surface area contributed by atoms with E-state index in [1.165, 1.54) is 24.0 Å². The Labute approximate surface area is 155 Å². The summed E-state index contributed by atoms with van der Waals surface area (Å²) in [4.78, 5) is 0. The maximum atomic E-state index is 12.6. The molecule has 0 fully saturated rings. The Morgan fingerprint density at radius 3 is 2.56 bits per heavy atom. The first-order chi connectivity index (χ1) is 12.0. The molecule has 1 N–H and O–H groups in total. The molecule has 0 saturated heterocycles. The van der Waals surface area contributed by atoms with Crippen molar-refractivity contribution in [3.8, 4) is 0 Å². The van der Waals surface area contributed by atoms with Crippen molar-refractivity contribution in [3.63, 3.8) is 0 Å². The van der Waals surface area contributed by atoms with Crippen molar-refractivity contribution in [1.29, 1.82) is 0 Å². The average Bonchev–Trinajstić information content (AvgIpc) is 2.59. The zero-order chi connectivity index (χ0) is 17.9. The summed E-state index contributed by atoms with van der Waals surface area (Å²) in [6, 6.07) is 13.2. The van der Waals surface area contributed by atoms with Crippen LogP contribution in [0.15, 0.2) is 42.5 Å². The van der Waals surface area contributed by atoms with Crippen molar-refractivity contribution in [2.45, 2.75) is 50.8 Å². The summed E-state index contributed by atoms with van der Waals surface area (Å²) >= 11 is 5.95. The van der Waals surface area contributed by atoms with Gasteiger partial charge < -0.3 is 0 Å². The lowest BCUT2D eigenvalue weighted by atomic mass is 9.89.